The zero-order valence-corrected chi connectivity index (χ0v) is 24.2. The summed E-state index contributed by atoms with van der Waals surface area (Å²) in [6.07, 6.45) is 18.0. The van der Waals surface area contributed by atoms with Crippen LogP contribution in [0.5, 0.6) is 0 Å². The molecule has 3 aliphatic rings. The second-order valence-electron chi connectivity index (χ2n) is 12.0. The molecule has 3 fully saturated rings. The number of hydrogen-bond donors (Lipinski definition) is 1. The molecule has 2 bridgehead atoms. The Bertz CT molecular complexity index is 819. The Morgan fingerprint density at radius 1 is 0.974 bits per heavy atom. The number of piperazine rings is 1. The fourth-order valence-electron chi connectivity index (χ4n) is 6.60. The molecule has 0 saturated carbocycles. The maximum Gasteiger partial charge on any atom is 0.245 e. The predicted molar refractivity (Wildman–Crippen MR) is 156 cm³/mol. The van der Waals surface area contributed by atoms with Crippen molar-refractivity contribution in [2.45, 2.75) is 109 Å². The van der Waals surface area contributed by atoms with Crippen molar-refractivity contribution in [3.05, 3.63) is 18.0 Å². The molecule has 38 heavy (non-hydrogen) atoms. The number of hydrogen-bond acceptors (Lipinski definition) is 7. The first-order chi connectivity index (χ1) is 18.5. The molecule has 1 aromatic heterocycles. The van der Waals surface area contributed by atoms with Gasteiger partial charge in [0.2, 0.25) is 11.9 Å². The Hall–Kier alpha value is -1.77. The van der Waals surface area contributed by atoms with Crippen molar-refractivity contribution in [3.8, 4) is 0 Å². The Kier molecular flexibility index (Phi) is 11.6. The number of likely N-dealkylation sites (tertiary alicyclic amines) is 2. The zero-order chi connectivity index (χ0) is 26.7. The van der Waals surface area contributed by atoms with E-state index in [1.54, 1.807) is 7.11 Å². The minimum atomic E-state index is -0.0133. The summed E-state index contributed by atoms with van der Waals surface area (Å²) in [5.41, 5.74) is 1.33. The maximum absolute atomic E-state index is 11.3. The van der Waals surface area contributed by atoms with E-state index in [2.05, 4.69) is 46.3 Å². The van der Waals surface area contributed by atoms with Gasteiger partial charge < -0.3 is 19.9 Å². The molecule has 8 nitrogen and oxygen atoms in total. The van der Waals surface area contributed by atoms with Crippen molar-refractivity contribution >= 4 is 11.9 Å². The normalized spacial score (nSPS) is 22.9. The second-order valence-corrected chi connectivity index (χ2v) is 12.0. The Morgan fingerprint density at radius 3 is 2.18 bits per heavy atom. The Labute approximate surface area is 232 Å². The summed E-state index contributed by atoms with van der Waals surface area (Å²) in [6.45, 7) is 11.5. The van der Waals surface area contributed by atoms with Crippen molar-refractivity contribution in [1.29, 1.82) is 0 Å². The highest BCUT2D eigenvalue weighted by atomic mass is 16.5. The number of fused-ring (bicyclic) bond motifs is 2. The Balaban J connectivity index is 0.00000420. The van der Waals surface area contributed by atoms with E-state index >= 15 is 0 Å². The first-order valence-electron chi connectivity index (χ1n) is 15.4. The molecule has 3 saturated heterocycles. The number of amides is 1. The number of aromatic nitrogens is 2. The van der Waals surface area contributed by atoms with Crippen LogP contribution in [-0.4, -0.2) is 96.8 Å². The van der Waals surface area contributed by atoms with Crippen LogP contribution in [0, 0.1) is 0 Å². The van der Waals surface area contributed by atoms with Gasteiger partial charge >= 0.3 is 0 Å². The van der Waals surface area contributed by atoms with E-state index in [0.717, 1.165) is 32.0 Å². The van der Waals surface area contributed by atoms with Crippen molar-refractivity contribution in [2.75, 3.05) is 57.9 Å². The van der Waals surface area contributed by atoms with Gasteiger partial charge in [-0.1, -0.05) is 32.1 Å². The number of carbonyl (C=O) groups excluding carboxylic acids is 1. The molecule has 4 heterocycles. The fraction of sp³-hybridized carbons (Fsp3) is 0.833. The van der Waals surface area contributed by atoms with E-state index in [1.165, 1.54) is 89.4 Å². The predicted octanol–water partition coefficient (Wildman–Crippen LogP) is 4.46. The van der Waals surface area contributed by atoms with Crippen LogP contribution in [0.1, 0.15) is 97.4 Å². The van der Waals surface area contributed by atoms with E-state index in [0.29, 0.717) is 24.0 Å². The Morgan fingerprint density at radius 2 is 1.58 bits per heavy atom. The molecule has 0 aliphatic carbocycles. The first-order valence-corrected chi connectivity index (χ1v) is 15.4. The molecule has 1 amide bonds. The molecule has 3 aliphatic heterocycles. The number of piperidine rings is 1. The number of rotatable bonds is 15. The van der Waals surface area contributed by atoms with Crippen LogP contribution in [0.4, 0.5) is 5.95 Å². The summed E-state index contributed by atoms with van der Waals surface area (Å²) < 4.78 is 4.82. The number of anilines is 1. The van der Waals surface area contributed by atoms with Gasteiger partial charge in [-0.2, -0.15) is 0 Å². The minimum Gasteiger partial charge on any atom is -0.375 e. The van der Waals surface area contributed by atoms with E-state index in [9.17, 15) is 4.79 Å². The highest BCUT2D eigenvalue weighted by molar-refractivity contribution is 5.77. The number of ether oxygens (including phenoxy) is 1. The van der Waals surface area contributed by atoms with Crippen LogP contribution < -0.4 is 10.2 Å². The maximum atomic E-state index is 11.3. The van der Waals surface area contributed by atoms with Crippen LogP contribution in [0.2, 0.25) is 0 Å². The molecule has 1 N–H and O–H groups in total. The molecule has 8 heteroatoms. The van der Waals surface area contributed by atoms with E-state index in [4.69, 9.17) is 14.7 Å². The largest absolute Gasteiger partial charge is 0.375 e. The molecule has 0 radical (unpaired) electrons. The number of unbranched alkanes of at least 4 members (excludes halogenated alkanes) is 6. The van der Waals surface area contributed by atoms with Gasteiger partial charge in [-0.25, -0.2) is 9.97 Å². The number of carbonyl (C=O) groups is 1. The molecule has 4 rings (SSSR count). The lowest BCUT2D eigenvalue weighted by Crippen LogP contribution is -2.56. The lowest BCUT2D eigenvalue weighted by molar-refractivity contribution is -0.124. The quantitative estimate of drug-likeness (QED) is 0.336. The molecular weight excluding hydrogens is 476 g/mol. The third-order valence-electron chi connectivity index (χ3n) is 8.94. The van der Waals surface area contributed by atoms with Crippen molar-refractivity contribution in [1.82, 2.24) is 25.1 Å². The molecule has 2 atom stereocenters. The summed E-state index contributed by atoms with van der Waals surface area (Å²) in [6, 6.07) is 1.77. The van der Waals surface area contributed by atoms with Crippen LogP contribution in [0.15, 0.2) is 12.4 Å². The smallest absolute Gasteiger partial charge is 0.245 e. The summed E-state index contributed by atoms with van der Waals surface area (Å²) in [7, 11) is 1.55. The number of nitrogens with one attached hydrogen (secondary N) is 1. The van der Waals surface area contributed by atoms with Gasteiger partial charge in [0, 0.05) is 58.7 Å². The fourth-order valence-corrected chi connectivity index (χ4v) is 6.60. The minimum absolute atomic E-state index is 0. The molecule has 216 valence electrons. The van der Waals surface area contributed by atoms with Gasteiger partial charge in [-0.05, 0) is 83.5 Å². The van der Waals surface area contributed by atoms with Crippen molar-refractivity contribution in [3.63, 3.8) is 0 Å². The SMILES string of the molecule is COCC(=O)NCCCCCCCCCN1CCC(c2cnc(N3C4CCC3CN(C(C)C)C4)nc2)CC1.[HH]. The van der Waals surface area contributed by atoms with Gasteiger partial charge in [0.25, 0.3) is 0 Å². The third kappa shape index (κ3) is 8.36. The van der Waals surface area contributed by atoms with Gasteiger partial charge in [-0.15, -0.1) is 0 Å². The van der Waals surface area contributed by atoms with Gasteiger partial charge in [0.05, 0.1) is 0 Å². The highest BCUT2D eigenvalue weighted by Gasteiger charge is 2.41. The standard InChI is InChI=1S/C30H52N6O2.H2/c1-24(2)35-21-27-11-12-28(22-35)36(27)30-32-19-26(20-33-30)25-13-17-34(18-14-25)16-10-8-6-4-5-7-9-15-31-29(37)23-38-3;/h19-20,24-25,27-28H,4-18,21-23H2,1-3H3,(H,31,37);1H. The van der Waals surface area contributed by atoms with E-state index in [-0.39, 0.29) is 13.9 Å². The topological polar surface area (TPSA) is 73.8 Å². The number of nitrogens with zero attached hydrogens (tertiary/aromatic N) is 5. The molecule has 0 aromatic carbocycles. The summed E-state index contributed by atoms with van der Waals surface area (Å²) >= 11 is 0. The average molecular weight is 531 g/mol. The van der Waals surface area contributed by atoms with Crippen LogP contribution >= 0.6 is 0 Å². The summed E-state index contributed by atoms with van der Waals surface area (Å²) in [4.78, 5) is 28.9. The zero-order valence-electron chi connectivity index (χ0n) is 24.2. The summed E-state index contributed by atoms with van der Waals surface area (Å²) in [5.74, 6) is 1.55. The number of methoxy groups -OCH3 is 1. The molecule has 1 aromatic rings. The average Bonchev–Trinajstić information content (AvgIpc) is 3.18. The first kappa shape index (κ1) is 29.2. The lowest BCUT2D eigenvalue weighted by atomic mass is 9.91. The van der Waals surface area contributed by atoms with Gasteiger partial charge in [-0.3, -0.25) is 9.69 Å². The monoisotopic (exact) mass is 530 g/mol. The summed E-state index contributed by atoms with van der Waals surface area (Å²) in [5, 5.41) is 2.89. The van der Waals surface area contributed by atoms with Crippen LogP contribution in [0.3, 0.4) is 0 Å². The van der Waals surface area contributed by atoms with E-state index in [1.807, 2.05) is 0 Å². The molecular formula is C30H54N6O2. The van der Waals surface area contributed by atoms with Gasteiger partial charge in [0.15, 0.2) is 0 Å². The molecule has 0 spiro atoms. The van der Waals surface area contributed by atoms with Crippen LogP contribution in [0.25, 0.3) is 0 Å². The van der Waals surface area contributed by atoms with E-state index < -0.39 is 0 Å². The highest BCUT2D eigenvalue weighted by Crippen LogP contribution is 2.34. The van der Waals surface area contributed by atoms with Crippen molar-refractivity contribution < 1.29 is 11.0 Å². The second kappa shape index (κ2) is 15.1. The third-order valence-corrected chi connectivity index (χ3v) is 8.94. The molecule has 2 unspecified atom stereocenters. The lowest BCUT2D eigenvalue weighted by Gasteiger charge is -2.42. The van der Waals surface area contributed by atoms with Gasteiger partial charge in [0.1, 0.15) is 6.61 Å². The van der Waals surface area contributed by atoms with Crippen LogP contribution in [-0.2, 0) is 9.53 Å². The van der Waals surface area contributed by atoms with Crippen molar-refractivity contribution in [2.24, 2.45) is 0 Å².